The van der Waals surface area contributed by atoms with Gasteiger partial charge in [0, 0.05) is 0 Å². The summed E-state index contributed by atoms with van der Waals surface area (Å²) in [6.45, 7) is 16.0. The van der Waals surface area contributed by atoms with Crippen LogP contribution in [0.1, 0.15) is 55.4 Å². The predicted molar refractivity (Wildman–Crippen MR) is 92.0 cm³/mol. The van der Waals surface area contributed by atoms with Gasteiger partial charge in [0.1, 0.15) is 24.4 Å². The molecule has 0 spiro atoms. The third kappa shape index (κ3) is 6.94. The zero-order valence-corrected chi connectivity index (χ0v) is 16.4. The van der Waals surface area contributed by atoms with Gasteiger partial charge >= 0.3 is 0 Å². The second-order valence-corrected chi connectivity index (χ2v) is 7.40. The van der Waals surface area contributed by atoms with Crippen LogP contribution in [0, 0.1) is 0 Å². The largest absolute Gasteiger partial charge is 0.376 e. The van der Waals surface area contributed by atoms with Gasteiger partial charge in [0.15, 0.2) is 6.29 Å². The van der Waals surface area contributed by atoms with Crippen molar-refractivity contribution in [2.75, 3.05) is 6.61 Å². The van der Waals surface area contributed by atoms with E-state index in [-0.39, 0.29) is 30.5 Å². The van der Waals surface area contributed by atoms with Crippen LogP contribution in [0.25, 0.3) is 0 Å². The van der Waals surface area contributed by atoms with Gasteiger partial charge in [-0.2, -0.15) is 0 Å². The lowest BCUT2D eigenvalue weighted by atomic mass is 9.97. The Morgan fingerprint density at radius 3 is 1.62 bits per heavy atom. The van der Waals surface area contributed by atoms with Crippen molar-refractivity contribution in [3.8, 4) is 0 Å². The van der Waals surface area contributed by atoms with E-state index in [1.54, 1.807) is 0 Å². The first-order chi connectivity index (χ1) is 11.1. The summed E-state index contributed by atoms with van der Waals surface area (Å²) in [4.78, 5) is 0. The topological polar surface area (TPSA) is 66.4 Å². The van der Waals surface area contributed by atoms with Gasteiger partial charge in [-0.05, 0) is 55.4 Å². The first-order valence-corrected chi connectivity index (χ1v) is 9.03. The summed E-state index contributed by atoms with van der Waals surface area (Å²) in [6.07, 6.45) is -2.93. The van der Waals surface area contributed by atoms with Crippen molar-refractivity contribution >= 4 is 0 Å². The normalized spacial score (nSPS) is 31.6. The van der Waals surface area contributed by atoms with Gasteiger partial charge in [-0.1, -0.05) is 0 Å². The Labute approximate surface area is 146 Å². The van der Waals surface area contributed by atoms with E-state index in [0.717, 1.165) is 0 Å². The maximum Gasteiger partial charge on any atom is 0.184 e. The van der Waals surface area contributed by atoms with Crippen molar-refractivity contribution in [2.45, 2.75) is 111 Å². The standard InChI is InChI=1S/C18H36O6/c1-10(2)20-9-14-15(21-11(3)4)16(22-12(5)6)17(18(19)24-14)23-13(7)8/h10-19H,9H2,1-8H3. The van der Waals surface area contributed by atoms with Crippen LogP contribution < -0.4 is 0 Å². The molecule has 1 aliphatic heterocycles. The molecule has 0 aromatic carbocycles. The van der Waals surface area contributed by atoms with E-state index in [9.17, 15) is 5.11 Å². The molecule has 6 nitrogen and oxygen atoms in total. The number of hydrogen-bond donors (Lipinski definition) is 1. The van der Waals surface area contributed by atoms with Gasteiger partial charge in [0.2, 0.25) is 0 Å². The second-order valence-electron chi connectivity index (χ2n) is 7.40. The molecular weight excluding hydrogens is 312 g/mol. The first kappa shape index (κ1) is 21.8. The average molecular weight is 348 g/mol. The summed E-state index contributed by atoms with van der Waals surface area (Å²) in [5, 5.41) is 10.5. The molecular formula is C18H36O6. The SMILES string of the molecule is CC(C)OCC1OC(O)C(OC(C)C)C(OC(C)C)C1OC(C)C. The van der Waals surface area contributed by atoms with Gasteiger partial charge in [-0.15, -0.1) is 0 Å². The molecule has 1 heterocycles. The molecule has 24 heavy (non-hydrogen) atoms. The number of aliphatic hydroxyl groups excluding tert-OH is 1. The average Bonchev–Trinajstić information content (AvgIpc) is 2.42. The van der Waals surface area contributed by atoms with Crippen LogP contribution >= 0.6 is 0 Å². The quantitative estimate of drug-likeness (QED) is 0.691. The second kappa shape index (κ2) is 10.0. The zero-order valence-electron chi connectivity index (χ0n) is 16.4. The first-order valence-electron chi connectivity index (χ1n) is 9.03. The predicted octanol–water partition coefficient (Wildman–Crippen LogP) is 2.51. The van der Waals surface area contributed by atoms with E-state index >= 15 is 0 Å². The van der Waals surface area contributed by atoms with Crippen molar-refractivity contribution in [2.24, 2.45) is 0 Å². The molecule has 1 fully saturated rings. The fourth-order valence-corrected chi connectivity index (χ4v) is 2.72. The fourth-order valence-electron chi connectivity index (χ4n) is 2.72. The van der Waals surface area contributed by atoms with Gasteiger partial charge in [-0.3, -0.25) is 0 Å². The van der Waals surface area contributed by atoms with Gasteiger partial charge in [-0.25, -0.2) is 0 Å². The molecule has 144 valence electrons. The third-order valence-corrected chi connectivity index (χ3v) is 3.49. The smallest absolute Gasteiger partial charge is 0.184 e. The minimum absolute atomic E-state index is 0.00615. The maximum absolute atomic E-state index is 10.5. The summed E-state index contributed by atoms with van der Waals surface area (Å²) >= 11 is 0. The lowest BCUT2D eigenvalue weighted by molar-refractivity contribution is -0.324. The zero-order chi connectivity index (χ0) is 18.4. The lowest BCUT2D eigenvalue weighted by Crippen LogP contribution is -2.62. The van der Waals surface area contributed by atoms with Crippen molar-refractivity contribution < 1.29 is 28.8 Å². The fraction of sp³-hybridized carbons (Fsp3) is 1.00. The molecule has 1 saturated heterocycles. The minimum Gasteiger partial charge on any atom is -0.376 e. The Morgan fingerprint density at radius 1 is 0.708 bits per heavy atom. The van der Waals surface area contributed by atoms with Crippen LogP contribution in [-0.4, -0.2) is 66.8 Å². The van der Waals surface area contributed by atoms with Crippen molar-refractivity contribution in [1.82, 2.24) is 0 Å². The molecule has 5 unspecified atom stereocenters. The lowest BCUT2D eigenvalue weighted by Gasteiger charge is -2.46. The highest BCUT2D eigenvalue weighted by molar-refractivity contribution is 4.93. The Bertz CT molecular complexity index is 344. The van der Waals surface area contributed by atoms with Gasteiger partial charge in [0.05, 0.1) is 31.0 Å². The van der Waals surface area contributed by atoms with Crippen LogP contribution in [0.4, 0.5) is 0 Å². The highest BCUT2D eigenvalue weighted by Crippen LogP contribution is 2.30. The van der Waals surface area contributed by atoms with Crippen LogP contribution in [0.15, 0.2) is 0 Å². The van der Waals surface area contributed by atoms with Crippen molar-refractivity contribution in [3.63, 3.8) is 0 Å². The number of aliphatic hydroxyl groups is 1. The van der Waals surface area contributed by atoms with Crippen LogP contribution in [0.2, 0.25) is 0 Å². The van der Waals surface area contributed by atoms with Gasteiger partial charge < -0.3 is 28.8 Å². The van der Waals surface area contributed by atoms with E-state index in [4.69, 9.17) is 23.7 Å². The molecule has 1 N–H and O–H groups in total. The summed E-state index contributed by atoms with van der Waals surface area (Å²) < 4.78 is 29.5. The molecule has 0 bridgehead atoms. The number of ether oxygens (including phenoxy) is 5. The molecule has 1 rings (SSSR count). The minimum atomic E-state index is -1.08. The number of hydrogen-bond acceptors (Lipinski definition) is 6. The molecule has 0 aliphatic carbocycles. The van der Waals surface area contributed by atoms with Crippen LogP contribution in [0.3, 0.4) is 0 Å². The van der Waals surface area contributed by atoms with Crippen LogP contribution in [-0.2, 0) is 23.7 Å². The highest BCUT2D eigenvalue weighted by Gasteiger charge is 2.48. The summed E-state index contributed by atoms with van der Waals surface area (Å²) in [7, 11) is 0. The Balaban J connectivity index is 3.02. The molecule has 5 atom stereocenters. The van der Waals surface area contributed by atoms with Gasteiger partial charge in [0.25, 0.3) is 0 Å². The maximum atomic E-state index is 10.5. The summed E-state index contributed by atoms with van der Waals surface area (Å²) in [5.74, 6) is 0. The van der Waals surface area contributed by atoms with E-state index in [0.29, 0.717) is 6.61 Å². The summed E-state index contributed by atoms with van der Waals surface area (Å²) in [6, 6.07) is 0. The van der Waals surface area contributed by atoms with E-state index in [2.05, 4.69) is 0 Å². The molecule has 1 aliphatic rings. The van der Waals surface area contributed by atoms with Crippen molar-refractivity contribution in [1.29, 1.82) is 0 Å². The Hall–Kier alpha value is -0.240. The Morgan fingerprint density at radius 2 is 1.17 bits per heavy atom. The van der Waals surface area contributed by atoms with E-state index in [1.807, 2.05) is 55.4 Å². The third-order valence-electron chi connectivity index (χ3n) is 3.49. The Kier molecular flexibility index (Phi) is 9.12. The molecule has 0 aromatic rings. The van der Waals surface area contributed by atoms with Crippen molar-refractivity contribution in [3.05, 3.63) is 0 Å². The molecule has 0 aromatic heterocycles. The molecule has 0 amide bonds. The summed E-state index contributed by atoms with van der Waals surface area (Å²) in [5.41, 5.74) is 0. The molecule has 6 heteroatoms. The molecule has 0 saturated carbocycles. The monoisotopic (exact) mass is 348 g/mol. The highest BCUT2D eigenvalue weighted by atomic mass is 16.7. The van der Waals surface area contributed by atoms with E-state index < -0.39 is 24.6 Å². The number of rotatable bonds is 9. The molecule has 0 radical (unpaired) electrons. The van der Waals surface area contributed by atoms with Crippen LogP contribution in [0.5, 0.6) is 0 Å². The van der Waals surface area contributed by atoms with E-state index in [1.165, 1.54) is 0 Å².